The maximum Gasteiger partial charge on any atom is 0.115 e. The van der Waals surface area contributed by atoms with Gasteiger partial charge < -0.3 is 10.4 Å². The molecular weight excluding hydrogens is 248 g/mol. The van der Waals surface area contributed by atoms with Crippen molar-refractivity contribution in [1.29, 1.82) is 0 Å². The Hall–Kier alpha value is -1.06. The Balaban J connectivity index is 2.10. The summed E-state index contributed by atoms with van der Waals surface area (Å²) in [6, 6.07) is 8.18. The molecule has 2 rings (SSSR count). The molecule has 3 nitrogen and oxygen atoms in total. The van der Waals surface area contributed by atoms with Crippen molar-refractivity contribution in [2.45, 2.75) is 52.2 Å². The van der Waals surface area contributed by atoms with Gasteiger partial charge in [-0.15, -0.1) is 0 Å². The van der Waals surface area contributed by atoms with Gasteiger partial charge in [-0.2, -0.15) is 0 Å². The monoisotopic (exact) mass is 276 g/mol. The number of aromatic hydroxyl groups is 1. The van der Waals surface area contributed by atoms with Crippen LogP contribution in [0, 0.1) is 5.92 Å². The number of nitrogens with one attached hydrogen (secondary N) is 1. The van der Waals surface area contributed by atoms with Gasteiger partial charge in [0.05, 0.1) is 0 Å². The summed E-state index contributed by atoms with van der Waals surface area (Å²) in [4.78, 5) is 2.54. The van der Waals surface area contributed by atoms with Gasteiger partial charge >= 0.3 is 0 Å². The summed E-state index contributed by atoms with van der Waals surface area (Å²) in [5, 5.41) is 13.3. The first-order chi connectivity index (χ1) is 9.42. The van der Waals surface area contributed by atoms with Crippen LogP contribution >= 0.6 is 0 Å². The first kappa shape index (κ1) is 15.3. The maximum atomic E-state index is 9.62. The van der Waals surface area contributed by atoms with Crippen molar-refractivity contribution in [3.63, 3.8) is 0 Å². The van der Waals surface area contributed by atoms with Crippen LogP contribution in [0.15, 0.2) is 24.3 Å². The van der Waals surface area contributed by atoms with E-state index in [2.05, 4.69) is 44.0 Å². The molecule has 0 spiro atoms. The second-order valence-electron chi connectivity index (χ2n) is 6.74. The average Bonchev–Trinajstić information content (AvgIpc) is 2.40. The fourth-order valence-electron chi connectivity index (χ4n) is 2.86. The zero-order valence-corrected chi connectivity index (χ0v) is 13.2. The molecular formula is C17H28N2O. The zero-order chi connectivity index (χ0) is 14.8. The van der Waals surface area contributed by atoms with Gasteiger partial charge in [-0.25, -0.2) is 0 Å². The van der Waals surface area contributed by atoms with Crippen LogP contribution < -0.4 is 5.32 Å². The van der Waals surface area contributed by atoms with E-state index in [-0.39, 0.29) is 5.54 Å². The molecule has 1 saturated heterocycles. The van der Waals surface area contributed by atoms with E-state index >= 15 is 0 Å². The molecule has 2 unspecified atom stereocenters. The van der Waals surface area contributed by atoms with Crippen molar-refractivity contribution in [3.05, 3.63) is 29.8 Å². The second-order valence-corrected chi connectivity index (χ2v) is 6.74. The van der Waals surface area contributed by atoms with Crippen molar-refractivity contribution in [2.24, 2.45) is 5.92 Å². The zero-order valence-electron chi connectivity index (χ0n) is 13.2. The molecule has 2 atom stereocenters. The summed E-state index contributed by atoms with van der Waals surface area (Å²) in [7, 11) is 0. The van der Waals surface area contributed by atoms with Crippen LogP contribution in [0.1, 0.15) is 39.7 Å². The van der Waals surface area contributed by atoms with Crippen LogP contribution in [-0.4, -0.2) is 34.7 Å². The summed E-state index contributed by atoms with van der Waals surface area (Å²) in [6.07, 6.45) is 1.21. The number of hydrogen-bond acceptors (Lipinski definition) is 3. The molecule has 20 heavy (non-hydrogen) atoms. The molecule has 0 bridgehead atoms. The quantitative estimate of drug-likeness (QED) is 0.887. The molecule has 1 aromatic rings. The van der Waals surface area contributed by atoms with Crippen LogP contribution in [0.2, 0.25) is 0 Å². The first-order valence-corrected chi connectivity index (χ1v) is 7.68. The van der Waals surface area contributed by atoms with E-state index in [1.54, 1.807) is 6.07 Å². The van der Waals surface area contributed by atoms with Crippen molar-refractivity contribution < 1.29 is 5.11 Å². The number of piperazine rings is 1. The van der Waals surface area contributed by atoms with Gasteiger partial charge in [-0.1, -0.05) is 32.4 Å². The fraction of sp³-hybridized carbons (Fsp3) is 0.647. The van der Waals surface area contributed by atoms with E-state index in [4.69, 9.17) is 0 Å². The molecule has 1 heterocycles. The van der Waals surface area contributed by atoms with Crippen LogP contribution in [-0.2, 0) is 6.54 Å². The van der Waals surface area contributed by atoms with Gasteiger partial charge in [0.15, 0.2) is 0 Å². The molecule has 0 saturated carbocycles. The number of phenolic OH excluding ortho intramolecular Hbond substituents is 1. The summed E-state index contributed by atoms with van der Waals surface area (Å²) < 4.78 is 0. The largest absolute Gasteiger partial charge is 0.508 e. The Kier molecular flexibility index (Phi) is 4.71. The Morgan fingerprint density at radius 3 is 2.85 bits per heavy atom. The predicted molar refractivity (Wildman–Crippen MR) is 83.8 cm³/mol. The average molecular weight is 276 g/mol. The lowest BCUT2D eigenvalue weighted by atomic mass is 9.90. The Labute approximate surface area is 123 Å². The fourth-order valence-corrected chi connectivity index (χ4v) is 2.86. The van der Waals surface area contributed by atoms with Crippen molar-refractivity contribution in [3.8, 4) is 5.75 Å². The summed E-state index contributed by atoms with van der Waals surface area (Å²) in [5.41, 5.74) is 1.33. The Morgan fingerprint density at radius 2 is 2.20 bits per heavy atom. The summed E-state index contributed by atoms with van der Waals surface area (Å²) in [6.45, 7) is 12.1. The number of hydrogen-bond donors (Lipinski definition) is 2. The summed E-state index contributed by atoms with van der Waals surface area (Å²) >= 11 is 0. The third-order valence-corrected chi connectivity index (χ3v) is 4.68. The lowest BCUT2D eigenvalue weighted by Crippen LogP contribution is -2.62. The molecule has 0 aromatic heterocycles. The third-order valence-electron chi connectivity index (χ3n) is 4.68. The molecule has 1 aliphatic rings. The molecule has 0 aliphatic carbocycles. The highest BCUT2D eigenvalue weighted by Crippen LogP contribution is 2.25. The van der Waals surface area contributed by atoms with E-state index in [0.717, 1.165) is 19.6 Å². The smallest absolute Gasteiger partial charge is 0.115 e. The van der Waals surface area contributed by atoms with E-state index in [9.17, 15) is 5.11 Å². The Morgan fingerprint density at radius 1 is 1.45 bits per heavy atom. The molecule has 2 N–H and O–H groups in total. The minimum absolute atomic E-state index is 0.148. The normalized spacial score (nSPS) is 24.5. The van der Waals surface area contributed by atoms with Crippen molar-refractivity contribution in [1.82, 2.24) is 10.2 Å². The van der Waals surface area contributed by atoms with E-state index in [1.165, 1.54) is 12.0 Å². The molecule has 0 amide bonds. The highest BCUT2D eigenvalue weighted by Gasteiger charge is 2.35. The number of benzene rings is 1. The Bertz CT molecular complexity index is 444. The highest BCUT2D eigenvalue weighted by atomic mass is 16.3. The second kappa shape index (κ2) is 6.15. The molecule has 112 valence electrons. The van der Waals surface area contributed by atoms with E-state index in [1.807, 2.05) is 12.1 Å². The predicted octanol–water partition coefficient (Wildman–Crippen LogP) is 2.99. The lowest BCUT2D eigenvalue weighted by molar-refractivity contribution is 0.0448. The molecule has 3 heteroatoms. The molecule has 1 aromatic carbocycles. The van der Waals surface area contributed by atoms with E-state index < -0.39 is 0 Å². The SMILES string of the molecule is CCC(C)C1CN(Cc2cccc(O)c2)C(C)(C)CN1. The van der Waals surface area contributed by atoms with Gasteiger partial charge in [0, 0.05) is 31.2 Å². The van der Waals surface area contributed by atoms with Crippen LogP contribution in [0.25, 0.3) is 0 Å². The number of rotatable bonds is 4. The summed E-state index contributed by atoms with van der Waals surface area (Å²) in [5.74, 6) is 1.05. The maximum absolute atomic E-state index is 9.62. The van der Waals surface area contributed by atoms with Crippen LogP contribution in [0.3, 0.4) is 0 Å². The van der Waals surface area contributed by atoms with Crippen LogP contribution in [0.5, 0.6) is 5.75 Å². The van der Waals surface area contributed by atoms with Crippen molar-refractivity contribution >= 4 is 0 Å². The molecule has 1 aliphatic heterocycles. The third kappa shape index (κ3) is 3.53. The minimum Gasteiger partial charge on any atom is -0.508 e. The minimum atomic E-state index is 0.148. The molecule has 0 radical (unpaired) electrons. The molecule has 1 fully saturated rings. The van der Waals surface area contributed by atoms with Gasteiger partial charge in [-0.3, -0.25) is 4.90 Å². The standard InChI is InChI=1S/C17H28N2O/c1-5-13(2)16-11-19(17(3,4)12-18-16)10-14-7-6-8-15(20)9-14/h6-9,13,16,18,20H,5,10-12H2,1-4H3. The highest BCUT2D eigenvalue weighted by molar-refractivity contribution is 5.27. The first-order valence-electron chi connectivity index (χ1n) is 7.68. The van der Waals surface area contributed by atoms with Gasteiger partial charge in [-0.05, 0) is 37.5 Å². The number of phenols is 1. The van der Waals surface area contributed by atoms with Crippen LogP contribution in [0.4, 0.5) is 0 Å². The van der Waals surface area contributed by atoms with E-state index in [0.29, 0.717) is 17.7 Å². The van der Waals surface area contributed by atoms with Gasteiger partial charge in [0.2, 0.25) is 0 Å². The number of nitrogens with zero attached hydrogens (tertiary/aromatic N) is 1. The van der Waals surface area contributed by atoms with Gasteiger partial charge in [0.1, 0.15) is 5.75 Å². The van der Waals surface area contributed by atoms with Gasteiger partial charge in [0.25, 0.3) is 0 Å². The topological polar surface area (TPSA) is 35.5 Å². The van der Waals surface area contributed by atoms with Crippen molar-refractivity contribution in [2.75, 3.05) is 13.1 Å². The lowest BCUT2D eigenvalue weighted by Gasteiger charge is -2.47.